The molecule has 2 unspecified atom stereocenters. The lowest BCUT2D eigenvalue weighted by atomic mass is 9.88. The van der Waals surface area contributed by atoms with Gasteiger partial charge in [-0.05, 0) is 50.6 Å². The van der Waals surface area contributed by atoms with E-state index in [1.54, 1.807) is 0 Å². The summed E-state index contributed by atoms with van der Waals surface area (Å²) in [7, 11) is 2.08. The summed E-state index contributed by atoms with van der Waals surface area (Å²) in [6.07, 6.45) is 2.67. The third-order valence-corrected chi connectivity index (χ3v) is 5.24. The third kappa shape index (κ3) is 2.14. The molecule has 1 aromatic carbocycles. The SMILES string of the molecule is CNC(c1ccccc1C)C1(C)CCCS1. The smallest absolute Gasteiger partial charge is 0.0466 e. The number of nitrogens with one attached hydrogen (secondary N) is 1. The molecule has 1 aliphatic heterocycles. The number of rotatable bonds is 3. The van der Waals surface area contributed by atoms with Crippen LogP contribution in [0.4, 0.5) is 0 Å². The lowest BCUT2D eigenvalue weighted by molar-refractivity contribution is 0.439. The van der Waals surface area contributed by atoms with Crippen molar-refractivity contribution in [3.8, 4) is 0 Å². The summed E-state index contributed by atoms with van der Waals surface area (Å²) in [4.78, 5) is 0. The zero-order valence-corrected chi connectivity index (χ0v) is 11.2. The topological polar surface area (TPSA) is 12.0 Å². The second-order valence-electron chi connectivity index (χ2n) is 4.84. The molecule has 1 aliphatic rings. The van der Waals surface area contributed by atoms with Gasteiger partial charge in [0.1, 0.15) is 0 Å². The first-order chi connectivity index (χ1) is 7.67. The van der Waals surface area contributed by atoms with Crippen LogP contribution < -0.4 is 5.32 Å². The van der Waals surface area contributed by atoms with Gasteiger partial charge in [0.25, 0.3) is 0 Å². The molecule has 0 amide bonds. The summed E-state index contributed by atoms with van der Waals surface area (Å²) in [5, 5.41) is 3.52. The Kier molecular flexibility index (Phi) is 3.60. The van der Waals surface area contributed by atoms with Gasteiger partial charge >= 0.3 is 0 Å². The Labute approximate surface area is 103 Å². The first-order valence-corrected chi connectivity index (χ1v) is 7.03. The second-order valence-corrected chi connectivity index (χ2v) is 6.47. The van der Waals surface area contributed by atoms with Crippen molar-refractivity contribution in [1.29, 1.82) is 0 Å². The molecule has 2 rings (SSSR count). The molecule has 0 saturated carbocycles. The van der Waals surface area contributed by atoms with E-state index in [1.807, 2.05) is 0 Å². The molecule has 1 fully saturated rings. The molecule has 0 aromatic heterocycles. The Balaban J connectivity index is 2.32. The van der Waals surface area contributed by atoms with Gasteiger partial charge in [-0.15, -0.1) is 0 Å². The van der Waals surface area contributed by atoms with Gasteiger partial charge in [-0.25, -0.2) is 0 Å². The van der Waals surface area contributed by atoms with Crippen LogP contribution in [0.2, 0.25) is 0 Å². The highest BCUT2D eigenvalue weighted by Gasteiger charge is 2.38. The maximum absolute atomic E-state index is 3.52. The summed E-state index contributed by atoms with van der Waals surface area (Å²) in [5.74, 6) is 1.31. The molecular weight excluding hydrogens is 214 g/mol. The van der Waals surface area contributed by atoms with Crippen molar-refractivity contribution in [1.82, 2.24) is 5.32 Å². The Morgan fingerprint density at radius 3 is 2.69 bits per heavy atom. The fraction of sp³-hybridized carbons (Fsp3) is 0.571. The third-order valence-electron chi connectivity index (χ3n) is 3.65. The van der Waals surface area contributed by atoms with Crippen LogP contribution in [0.25, 0.3) is 0 Å². The molecule has 1 N–H and O–H groups in total. The second kappa shape index (κ2) is 4.80. The normalized spacial score (nSPS) is 26.9. The number of thioether (sulfide) groups is 1. The van der Waals surface area contributed by atoms with Gasteiger partial charge in [0.05, 0.1) is 0 Å². The highest BCUT2D eigenvalue weighted by molar-refractivity contribution is 8.00. The van der Waals surface area contributed by atoms with E-state index in [9.17, 15) is 0 Å². The predicted octanol–water partition coefficient (Wildman–Crippen LogP) is 3.54. The molecule has 1 aromatic rings. The fourth-order valence-corrected chi connectivity index (χ4v) is 4.18. The molecule has 2 heteroatoms. The van der Waals surface area contributed by atoms with Crippen molar-refractivity contribution in [2.45, 2.75) is 37.5 Å². The minimum absolute atomic E-state index is 0.362. The van der Waals surface area contributed by atoms with Gasteiger partial charge in [0, 0.05) is 10.8 Å². The fourth-order valence-electron chi connectivity index (χ4n) is 2.73. The van der Waals surface area contributed by atoms with Crippen molar-refractivity contribution < 1.29 is 0 Å². The lowest BCUT2D eigenvalue weighted by Crippen LogP contribution is -2.36. The summed E-state index contributed by atoms with van der Waals surface area (Å²) in [5.41, 5.74) is 2.86. The molecule has 16 heavy (non-hydrogen) atoms. The minimum Gasteiger partial charge on any atom is -0.312 e. The average Bonchev–Trinajstić information content (AvgIpc) is 2.70. The summed E-state index contributed by atoms with van der Waals surface area (Å²) < 4.78 is 0.362. The molecular formula is C14H21NS. The van der Waals surface area contributed by atoms with E-state index in [4.69, 9.17) is 0 Å². The molecule has 0 bridgehead atoms. The lowest BCUT2D eigenvalue weighted by Gasteiger charge is -2.34. The van der Waals surface area contributed by atoms with E-state index in [0.29, 0.717) is 10.8 Å². The van der Waals surface area contributed by atoms with Crippen LogP contribution in [0.15, 0.2) is 24.3 Å². The van der Waals surface area contributed by atoms with E-state index in [-0.39, 0.29) is 0 Å². The quantitative estimate of drug-likeness (QED) is 0.860. The first kappa shape index (κ1) is 12.0. The summed E-state index contributed by atoms with van der Waals surface area (Å²) in [6, 6.07) is 9.22. The van der Waals surface area contributed by atoms with E-state index >= 15 is 0 Å². The highest BCUT2D eigenvalue weighted by atomic mass is 32.2. The maximum atomic E-state index is 3.52. The van der Waals surface area contributed by atoms with Crippen LogP contribution in [0, 0.1) is 6.92 Å². The van der Waals surface area contributed by atoms with E-state index in [0.717, 1.165) is 0 Å². The standard InChI is InChI=1S/C14H21NS/c1-11-7-4-5-8-12(11)13(15-3)14(2)9-6-10-16-14/h4-5,7-8,13,15H,6,9-10H2,1-3H3. The average molecular weight is 235 g/mol. The van der Waals surface area contributed by atoms with Crippen LogP contribution >= 0.6 is 11.8 Å². The van der Waals surface area contributed by atoms with Gasteiger partial charge in [-0.3, -0.25) is 0 Å². The number of aryl methyl sites for hydroxylation is 1. The Morgan fingerprint density at radius 1 is 1.38 bits per heavy atom. The van der Waals surface area contributed by atoms with Crippen molar-refractivity contribution in [2.75, 3.05) is 12.8 Å². The minimum atomic E-state index is 0.362. The molecule has 88 valence electrons. The van der Waals surface area contributed by atoms with Gasteiger partial charge < -0.3 is 5.32 Å². The van der Waals surface area contributed by atoms with Crippen molar-refractivity contribution >= 4 is 11.8 Å². The van der Waals surface area contributed by atoms with Gasteiger partial charge in [0.15, 0.2) is 0 Å². The largest absolute Gasteiger partial charge is 0.312 e. The number of hydrogen-bond donors (Lipinski definition) is 1. The van der Waals surface area contributed by atoms with Gasteiger partial charge in [0.2, 0.25) is 0 Å². The molecule has 1 saturated heterocycles. The first-order valence-electron chi connectivity index (χ1n) is 6.04. The number of hydrogen-bond acceptors (Lipinski definition) is 2. The summed E-state index contributed by atoms with van der Waals surface area (Å²) in [6.45, 7) is 4.61. The molecule has 0 spiro atoms. The summed E-state index contributed by atoms with van der Waals surface area (Å²) >= 11 is 2.12. The molecule has 2 atom stereocenters. The van der Waals surface area contributed by atoms with Crippen molar-refractivity contribution in [2.24, 2.45) is 0 Å². The van der Waals surface area contributed by atoms with E-state index < -0.39 is 0 Å². The molecule has 1 heterocycles. The van der Waals surface area contributed by atoms with Crippen molar-refractivity contribution in [3.63, 3.8) is 0 Å². The maximum Gasteiger partial charge on any atom is 0.0466 e. The zero-order valence-electron chi connectivity index (χ0n) is 10.4. The van der Waals surface area contributed by atoms with Crippen LogP contribution in [-0.2, 0) is 0 Å². The molecule has 0 radical (unpaired) electrons. The van der Waals surface area contributed by atoms with Crippen LogP contribution in [-0.4, -0.2) is 17.5 Å². The molecule has 1 nitrogen and oxygen atoms in total. The Bertz CT molecular complexity index is 356. The Morgan fingerprint density at radius 2 is 2.12 bits per heavy atom. The van der Waals surface area contributed by atoms with Crippen LogP contribution in [0.3, 0.4) is 0 Å². The van der Waals surface area contributed by atoms with E-state index in [1.165, 1.54) is 29.7 Å². The van der Waals surface area contributed by atoms with E-state index in [2.05, 4.69) is 62.2 Å². The zero-order chi connectivity index (χ0) is 11.6. The molecule has 0 aliphatic carbocycles. The van der Waals surface area contributed by atoms with Gasteiger partial charge in [-0.2, -0.15) is 11.8 Å². The number of benzene rings is 1. The highest BCUT2D eigenvalue weighted by Crippen LogP contribution is 2.46. The Hall–Kier alpha value is -0.470. The van der Waals surface area contributed by atoms with Crippen molar-refractivity contribution in [3.05, 3.63) is 35.4 Å². The van der Waals surface area contributed by atoms with Crippen LogP contribution in [0.5, 0.6) is 0 Å². The van der Waals surface area contributed by atoms with Gasteiger partial charge in [-0.1, -0.05) is 24.3 Å². The predicted molar refractivity (Wildman–Crippen MR) is 73.1 cm³/mol. The monoisotopic (exact) mass is 235 g/mol. The van der Waals surface area contributed by atoms with Crippen LogP contribution in [0.1, 0.15) is 36.9 Å².